The molecule has 0 unspecified atom stereocenters. The minimum absolute atomic E-state index is 0.145. The van der Waals surface area contributed by atoms with Crippen LogP contribution in [0.2, 0.25) is 0 Å². The number of aromatic nitrogens is 1. The van der Waals surface area contributed by atoms with Crippen molar-refractivity contribution in [3.63, 3.8) is 0 Å². The third-order valence-electron chi connectivity index (χ3n) is 2.88. The number of carbonyl (C=O) groups excluding carboxylic acids is 2. The van der Waals surface area contributed by atoms with Gasteiger partial charge in [-0.15, -0.1) is 0 Å². The van der Waals surface area contributed by atoms with Gasteiger partial charge < -0.3 is 19.5 Å². The summed E-state index contributed by atoms with van der Waals surface area (Å²) in [5, 5.41) is 2.60. The first kappa shape index (κ1) is 16.3. The number of pyridine rings is 1. The van der Waals surface area contributed by atoms with Crippen molar-refractivity contribution in [2.45, 2.75) is 0 Å². The highest BCUT2D eigenvalue weighted by Crippen LogP contribution is 2.29. The van der Waals surface area contributed by atoms with E-state index in [0.29, 0.717) is 17.2 Å². The summed E-state index contributed by atoms with van der Waals surface area (Å²) in [6.07, 6.45) is 1.47. The molecule has 0 fully saturated rings. The van der Waals surface area contributed by atoms with E-state index in [1.54, 1.807) is 30.3 Å². The van der Waals surface area contributed by atoms with Gasteiger partial charge in [-0.3, -0.25) is 4.79 Å². The average Bonchev–Trinajstić information content (AvgIpc) is 2.60. The number of anilines is 1. The van der Waals surface area contributed by atoms with E-state index < -0.39 is 18.5 Å². The number of carbonyl (C=O) groups is 2. The van der Waals surface area contributed by atoms with Crippen molar-refractivity contribution < 1.29 is 23.8 Å². The van der Waals surface area contributed by atoms with E-state index in [1.165, 1.54) is 26.5 Å². The van der Waals surface area contributed by atoms with Crippen LogP contribution in [0.1, 0.15) is 10.5 Å². The molecule has 0 bridgehead atoms. The van der Waals surface area contributed by atoms with Crippen molar-refractivity contribution >= 4 is 17.6 Å². The van der Waals surface area contributed by atoms with Crippen LogP contribution in [0.15, 0.2) is 42.6 Å². The van der Waals surface area contributed by atoms with Gasteiger partial charge in [-0.25, -0.2) is 9.78 Å². The fourth-order valence-corrected chi connectivity index (χ4v) is 1.80. The highest BCUT2D eigenvalue weighted by atomic mass is 16.5. The second kappa shape index (κ2) is 7.79. The van der Waals surface area contributed by atoms with Gasteiger partial charge >= 0.3 is 5.97 Å². The lowest BCUT2D eigenvalue weighted by atomic mass is 10.2. The Morgan fingerprint density at radius 1 is 1.09 bits per heavy atom. The normalized spacial score (nSPS) is 9.83. The summed E-state index contributed by atoms with van der Waals surface area (Å²) < 4.78 is 15.1. The fraction of sp³-hybridized carbons (Fsp3) is 0.188. The zero-order valence-electron chi connectivity index (χ0n) is 12.7. The van der Waals surface area contributed by atoms with Gasteiger partial charge in [0.1, 0.15) is 5.69 Å². The molecule has 2 aromatic rings. The van der Waals surface area contributed by atoms with E-state index in [0.717, 1.165) is 0 Å². The summed E-state index contributed by atoms with van der Waals surface area (Å²) in [7, 11) is 3.02. The van der Waals surface area contributed by atoms with E-state index >= 15 is 0 Å². The molecule has 0 spiro atoms. The smallest absolute Gasteiger partial charge is 0.357 e. The highest BCUT2D eigenvalue weighted by molar-refractivity contribution is 5.95. The van der Waals surface area contributed by atoms with Gasteiger partial charge in [-0.2, -0.15) is 0 Å². The molecule has 7 nitrogen and oxygen atoms in total. The second-order valence-corrected chi connectivity index (χ2v) is 4.41. The monoisotopic (exact) mass is 316 g/mol. The number of esters is 1. The Morgan fingerprint density at radius 2 is 1.87 bits per heavy atom. The van der Waals surface area contributed by atoms with Gasteiger partial charge in [-0.05, 0) is 24.3 Å². The predicted octanol–water partition coefficient (Wildman–Crippen LogP) is 1.89. The summed E-state index contributed by atoms with van der Waals surface area (Å²) in [5.74, 6) is -0.0996. The van der Waals surface area contributed by atoms with Gasteiger partial charge in [0.05, 0.1) is 14.2 Å². The average molecular weight is 316 g/mol. The number of benzene rings is 1. The number of methoxy groups -OCH3 is 2. The van der Waals surface area contributed by atoms with Crippen LogP contribution < -0.4 is 14.8 Å². The van der Waals surface area contributed by atoms with Crippen LogP contribution in [0, 0.1) is 0 Å². The molecule has 0 saturated carbocycles. The van der Waals surface area contributed by atoms with Crippen LogP contribution >= 0.6 is 0 Å². The van der Waals surface area contributed by atoms with Gasteiger partial charge in [-0.1, -0.05) is 6.07 Å². The molecule has 1 heterocycles. The Hall–Kier alpha value is -3.09. The predicted molar refractivity (Wildman–Crippen MR) is 82.7 cm³/mol. The summed E-state index contributed by atoms with van der Waals surface area (Å²) in [6, 6.07) is 9.77. The molecule has 0 atom stereocenters. The standard InChI is InChI=1S/C16H16N2O5/c1-21-13-7-6-11(9-14(13)22-2)18-15(19)10-23-16(20)12-5-3-4-8-17-12/h3-9H,10H2,1-2H3,(H,18,19). The molecule has 23 heavy (non-hydrogen) atoms. The molecule has 0 aliphatic rings. The molecule has 1 aromatic carbocycles. The molecule has 0 saturated heterocycles. The van der Waals surface area contributed by atoms with E-state index in [1.807, 2.05) is 0 Å². The first-order chi connectivity index (χ1) is 11.1. The van der Waals surface area contributed by atoms with Gasteiger partial charge in [0.15, 0.2) is 18.1 Å². The number of ether oxygens (including phenoxy) is 3. The molecule has 1 aromatic heterocycles. The first-order valence-electron chi connectivity index (χ1n) is 6.74. The Kier molecular flexibility index (Phi) is 5.51. The Labute approximate surface area is 133 Å². The molecule has 0 aliphatic carbocycles. The third-order valence-corrected chi connectivity index (χ3v) is 2.88. The largest absolute Gasteiger partial charge is 0.493 e. The van der Waals surface area contributed by atoms with Crippen molar-refractivity contribution in [3.05, 3.63) is 48.3 Å². The zero-order valence-corrected chi connectivity index (χ0v) is 12.7. The molecule has 2 rings (SSSR count). The molecule has 7 heteroatoms. The molecule has 0 radical (unpaired) electrons. The van der Waals surface area contributed by atoms with Crippen molar-refractivity contribution in [2.75, 3.05) is 26.1 Å². The number of hydrogen-bond acceptors (Lipinski definition) is 6. The lowest BCUT2D eigenvalue weighted by Gasteiger charge is -2.10. The number of rotatable bonds is 6. The van der Waals surface area contributed by atoms with Crippen LogP contribution in [0.25, 0.3) is 0 Å². The maximum atomic E-state index is 11.8. The summed E-state index contributed by atoms with van der Waals surface area (Å²) in [5.41, 5.74) is 0.646. The number of hydrogen-bond donors (Lipinski definition) is 1. The molecular formula is C16H16N2O5. The summed E-state index contributed by atoms with van der Waals surface area (Å²) >= 11 is 0. The van der Waals surface area contributed by atoms with Crippen LogP contribution in [0.4, 0.5) is 5.69 Å². The molecule has 1 N–H and O–H groups in total. The van der Waals surface area contributed by atoms with Crippen molar-refractivity contribution in [3.8, 4) is 11.5 Å². The van der Waals surface area contributed by atoms with Crippen LogP contribution in [0.5, 0.6) is 11.5 Å². The summed E-state index contributed by atoms with van der Waals surface area (Å²) in [6.45, 7) is -0.413. The fourth-order valence-electron chi connectivity index (χ4n) is 1.80. The second-order valence-electron chi connectivity index (χ2n) is 4.41. The van der Waals surface area contributed by atoms with E-state index in [2.05, 4.69) is 10.3 Å². The molecular weight excluding hydrogens is 300 g/mol. The van der Waals surface area contributed by atoms with Crippen LogP contribution in [-0.2, 0) is 9.53 Å². The topological polar surface area (TPSA) is 86.8 Å². The van der Waals surface area contributed by atoms with Gasteiger partial charge in [0, 0.05) is 18.0 Å². The minimum Gasteiger partial charge on any atom is -0.493 e. The van der Waals surface area contributed by atoms with Crippen molar-refractivity contribution in [1.82, 2.24) is 4.98 Å². The number of nitrogens with one attached hydrogen (secondary N) is 1. The number of nitrogens with zero attached hydrogens (tertiary/aromatic N) is 1. The van der Waals surface area contributed by atoms with Crippen molar-refractivity contribution in [1.29, 1.82) is 0 Å². The van der Waals surface area contributed by atoms with Crippen LogP contribution in [0.3, 0.4) is 0 Å². The highest BCUT2D eigenvalue weighted by Gasteiger charge is 2.12. The number of amides is 1. The van der Waals surface area contributed by atoms with Crippen LogP contribution in [-0.4, -0.2) is 37.7 Å². The van der Waals surface area contributed by atoms with Gasteiger partial charge in [0.25, 0.3) is 5.91 Å². The van der Waals surface area contributed by atoms with E-state index in [4.69, 9.17) is 14.2 Å². The maximum Gasteiger partial charge on any atom is 0.357 e. The maximum absolute atomic E-state index is 11.8. The lowest BCUT2D eigenvalue weighted by molar-refractivity contribution is -0.119. The molecule has 1 amide bonds. The van der Waals surface area contributed by atoms with E-state index in [-0.39, 0.29) is 5.69 Å². The van der Waals surface area contributed by atoms with Gasteiger partial charge in [0.2, 0.25) is 0 Å². The van der Waals surface area contributed by atoms with E-state index in [9.17, 15) is 9.59 Å². The third kappa shape index (κ3) is 4.44. The molecule has 120 valence electrons. The summed E-state index contributed by atoms with van der Waals surface area (Å²) in [4.78, 5) is 27.4. The Morgan fingerprint density at radius 3 is 2.52 bits per heavy atom. The zero-order chi connectivity index (χ0) is 16.7. The first-order valence-corrected chi connectivity index (χ1v) is 6.74. The molecule has 0 aliphatic heterocycles. The minimum atomic E-state index is -0.659. The van der Waals surface area contributed by atoms with Crippen molar-refractivity contribution in [2.24, 2.45) is 0 Å². The lowest BCUT2D eigenvalue weighted by Crippen LogP contribution is -2.21. The Bertz CT molecular complexity index is 688. The Balaban J connectivity index is 1.91. The SMILES string of the molecule is COc1ccc(NC(=O)COC(=O)c2ccccn2)cc1OC. The quantitative estimate of drug-likeness (QED) is 0.819.